The molecular formula is C21H18O5. The third-order valence-electron chi connectivity index (χ3n) is 5.96. The van der Waals surface area contributed by atoms with Gasteiger partial charge in [0, 0.05) is 31.4 Å². The van der Waals surface area contributed by atoms with Gasteiger partial charge in [-0.2, -0.15) is 0 Å². The Labute approximate surface area is 150 Å². The van der Waals surface area contributed by atoms with E-state index in [1.807, 2.05) is 12.1 Å². The third kappa shape index (κ3) is 1.79. The average molecular weight is 350 g/mol. The topological polar surface area (TPSA) is 87.0 Å². The van der Waals surface area contributed by atoms with Crippen LogP contribution in [0.5, 0.6) is 11.5 Å². The molecule has 0 spiro atoms. The van der Waals surface area contributed by atoms with E-state index in [2.05, 4.69) is 0 Å². The van der Waals surface area contributed by atoms with Gasteiger partial charge in [-0.15, -0.1) is 0 Å². The summed E-state index contributed by atoms with van der Waals surface area (Å²) in [5.41, 5.74) is 5.12. The number of aromatic hydroxyl groups is 2. The number of Topliss-reactive ketones (excluding diaryl/α,β-unsaturated/α-hetero) is 1. The molecule has 5 nitrogen and oxygen atoms in total. The smallest absolute Gasteiger partial charge is 0.168 e. The summed E-state index contributed by atoms with van der Waals surface area (Å²) in [6.07, 6.45) is -0.665. The van der Waals surface area contributed by atoms with Gasteiger partial charge in [0.15, 0.2) is 5.78 Å². The van der Waals surface area contributed by atoms with Crippen molar-refractivity contribution in [2.75, 3.05) is 7.11 Å². The molecule has 0 aromatic heterocycles. The van der Waals surface area contributed by atoms with Crippen molar-refractivity contribution in [3.63, 3.8) is 0 Å². The Balaban J connectivity index is 1.88. The van der Waals surface area contributed by atoms with E-state index in [1.165, 1.54) is 6.07 Å². The highest BCUT2D eigenvalue weighted by atomic mass is 16.5. The fraction of sp³-hybridized carbons (Fsp3) is 0.286. The molecule has 5 heteroatoms. The second-order valence-corrected chi connectivity index (χ2v) is 7.16. The first kappa shape index (κ1) is 15.6. The molecule has 0 aliphatic heterocycles. The number of methoxy groups -OCH3 is 1. The molecule has 3 N–H and O–H groups in total. The number of allylic oxidation sites excluding steroid dienone is 1. The molecule has 0 saturated heterocycles. The largest absolute Gasteiger partial charge is 0.508 e. The van der Waals surface area contributed by atoms with Gasteiger partial charge in [-0.1, -0.05) is 18.2 Å². The van der Waals surface area contributed by atoms with Gasteiger partial charge in [0.2, 0.25) is 0 Å². The van der Waals surface area contributed by atoms with E-state index >= 15 is 0 Å². The van der Waals surface area contributed by atoms with E-state index < -0.39 is 12.2 Å². The molecular weight excluding hydrogens is 332 g/mol. The van der Waals surface area contributed by atoms with E-state index in [4.69, 9.17) is 4.74 Å². The lowest BCUT2D eigenvalue weighted by atomic mass is 9.77. The molecule has 0 heterocycles. The number of aliphatic hydroxyl groups is 1. The minimum absolute atomic E-state index is 0.0355. The number of phenols is 2. The minimum atomic E-state index is -0.851. The van der Waals surface area contributed by atoms with E-state index in [0.29, 0.717) is 23.1 Å². The van der Waals surface area contributed by atoms with Gasteiger partial charge < -0.3 is 20.1 Å². The first-order valence-electron chi connectivity index (χ1n) is 8.68. The number of fused-ring (bicyclic) bond motifs is 4. The number of hydrogen-bond donors (Lipinski definition) is 3. The van der Waals surface area contributed by atoms with Crippen molar-refractivity contribution >= 4 is 16.9 Å². The zero-order chi connectivity index (χ0) is 18.2. The monoisotopic (exact) mass is 350 g/mol. The Morgan fingerprint density at radius 1 is 1.00 bits per heavy atom. The molecule has 26 heavy (non-hydrogen) atoms. The van der Waals surface area contributed by atoms with Crippen LogP contribution in [-0.2, 0) is 11.2 Å². The molecule has 2 aromatic carbocycles. The van der Waals surface area contributed by atoms with Crippen LogP contribution in [0.4, 0.5) is 0 Å². The number of rotatable bonds is 1. The van der Waals surface area contributed by atoms with Gasteiger partial charge in [0.05, 0.1) is 11.7 Å². The van der Waals surface area contributed by atoms with E-state index in [9.17, 15) is 20.1 Å². The summed E-state index contributed by atoms with van der Waals surface area (Å²) in [6.45, 7) is 0. The first-order chi connectivity index (χ1) is 12.5. The SMILES string of the molecule is COC1Cc2c(O)ccc3c2C(=C2c4cccc(O)c4C(=O)CC23)C1O. The van der Waals surface area contributed by atoms with Crippen molar-refractivity contribution in [1.82, 2.24) is 0 Å². The van der Waals surface area contributed by atoms with Crippen molar-refractivity contribution in [3.05, 3.63) is 58.1 Å². The summed E-state index contributed by atoms with van der Waals surface area (Å²) >= 11 is 0. The van der Waals surface area contributed by atoms with Crippen LogP contribution in [0.2, 0.25) is 0 Å². The summed E-state index contributed by atoms with van der Waals surface area (Å²) < 4.78 is 5.47. The number of carbonyl (C=O) groups excluding carboxylic acids is 1. The van der Waals surface area contributed by atoms with Crippen molar-refractivity contribution in [2.24, 2.45) is 0 Å². The molecule has 0 radical (unpaired) electrons. The number of phenolic OH excluding ortho intramolecular Hbond substituents is 2. The highest BCUT2D eigenvalue weighted by molar-refractivity contribution is 6.15. The molecule has 3 atom stereocenters. The normalized spacial score (nSPS) is 25.8. The summed E-state index contributed by atoms with van der Waals surface area (Å²) in [5.74, 6) is -0.138. The van der Waals surface area contributed by atoms with Gasteiger partial charge in [0.25, 0.3) is 0 Å². The molecule has 3 aliphatic rings. The fourth-order valence-electron chi connectivity index (χ4n) is 4.86. The number of hydrogen-bond acceptors (Lipinski definition) is 5. The van der Waals surface area contributed by atoms with Gasteiger partial charge in [-0.3, -0.25) is 4.79 Å². The summed E-state index contributed by atoms with van der Waals surface area (Å²) in [5, 5.41) is 31.6. The Morgan fingerprint density at radius 2 is 1.81 bits per heavy atom. The number of aliphatic hydroxyl groups excluding tert-OH is 1. The fourth-order valence-corrected chi connectivity index (χ4v) is 4.86. The Bertz CT molecular complexity index is 1000. The van der Waals surface area contributed by atoms with E-state index in [1.54, 1.807) is 19.2 Å². The van der Waals surface area contributed by atoms with E-state index in [0.717, 1.165) is 22.3 Å². The summed E-state index contributed by atoms with van der Waals surface area (Å²) in [7, 11) is 1.54. The average Bonchev–Trinajstić information content (AvgIpc) is 2.95. The highest BCUT2D eigenvalue weighted by Gasteiger charge is 2.46. The highest BCUT2D eigenvalue weighted by Crippen LogP contribution is 2.58. The number of carbonyl (C=O) groups is 1. The Hall–Kier alpha value is -2.63. The second kappa shape index (κ2) is 5.19. The molecule has 0 bridgehead atoms. The van der Waals surface area contributed by atoms with Gasteiger partial charge in [-0.25, -0.2) is 0 Å². The molecule has 2 aromatic rings. The van der Waals surface area contributed by atoms with Gasteiger partial charge in [0.1, 0.15) is 17.6 Å². The maximum atomic E-state index is 12.7. The van der Waals surface area contributed by atoms with Gasteiger partial charge in [-0.05, 0) is 40.0 Å². The van der Waals surface area contributed by atoms with Crippen LogP contribution in [-0.4, -0.2) is 40.4 Å². The lowest BCUT2D eigenvalue weighted by Gasteiger charge is -2.32. The third-order valence-corrected chi connectivity index (χ3v) is 5.96. The minimum Gasteiger partial charge on any atom is -0.508 e. The molecule has 5 rings (SSSR count). The van der Waals surface area contributed by atoms with Crippen molar-refractivity contribution in [3.8, 4) is 11.5 Å². The number of benzene rings is 2. The van der Waals surface area contributed by atoms with Crippen molar-refractivity contribution in [1.29, 1.82) is 0 Å². The summed E-state index contributed by atoms with van der Waals surface area (Å²) in [4.78, 5) is 12.7. The van der Waals surface area contributed by atoms with Crippen LogP contribution >= 0.6 is 0 Å². The molecule has 132 valence electrons. The molecule has 0 amide bonds. The standard InChI is InChI=1S/C21H18O5/c1-26-16-8-12-13(22)6-5-9-11-7-15(24)19-10(3-2-4-14(19)23)18(11)20(17(9)12)21(16)25/h2-6,11,16,21-23,25H,7-8H2,1H3. The lowest BCUT2D eigenvalue weighted by Crippen LogP contribution is -2.35. The van der Waals surface area contributed by atoms with Crippen LogP contribution in [0.1, 0.15) is 45.0 Å². The Kier molecular flexibility index (Phi) is 3.12. The maximum Gasteiger partial charge on any atom is 0.168 e. The van der Waals surface area contributed by atoms with Crippen LogP contribution < -0.4 is 0 Å². The molecule has 0 saturated carbocycles. The van der Waals surface area contributed by atoms with Crippen molar-refractivity contribution < 1.29 is 24.9 Å². The number of ether oxygens (including phenoxy) is 1. The van der Waals surface area contributed by atoms with Crippen LogP contribution in [0.15, 0.2) is 30.3 Å². The summed E-state index contributed by atoms with van der Waals surface area (Å²) in [6, 6.07) is 8.53. The molecule has 0 fully saturated rings. The van der Waals surface area contributed by atoms with Crippen molar-refractivity contribution in [2.45, 2.75) is 31.0 Å². The zero-order valence-electron chi connectivity index (χ0n) is 14.2. The van der Waals surface area contributed by atoms with Gasteiger partial charge >= 0.3 is 0 Å². The van der Waals surface area contributed by atoms with Crippen LogP contribution in [0, 0.1) is 0 Å². The number of ketones is 1. The maximum absolute atomic E-state index is 12.7. The molecule has 3 unspecified atom stereocenters. The predicted octanol–water partition coefficient (Wildman–Crippen LogP) is 2.62. The Morgan fingerprint density at radius 3 is 2.58 bits per heavy atom. The quantitative estimate of drug-likeness (QED) is 0.736. The van der Waals surface area contributed by atoms with Crippen LogP contribution in [0.25, 0.3) is 11.1 Å². The molecule has 3 aliphatic carbocycles. The first-order valence-corrected chi connectivity index (χ1v) is 8.68. The van der Waals surface area contributed by atoms with E-state index in [-0.39, 0.29) is 29.6 Å². The van der Waals surface area contributed by atoms with Crippen LogP contribution in [0.3, 0.4) is 0 Å². The second-order valence-electron chi connectivity index (χ2n) is 7.16. The lowest BCUT2D eigenvalue weighted by molar-refractivity contribution is 0.0143. The zero-order valence-corrected chi connectivity index (χ0v) is 14.2. The predicted molar refractivity (Wildman–Crippen MR) is 95.2 cm³/mol.